The summed E-state index contributed by atoms with van der Waals surface area (Å²) in [6.45, 7) is 0.0426. The lowest BCUT2D eigenvalue weighted by Crippen LogP contribution is -2.29. The average molecular weight is 197 g/mol. The minimum atomic E-state index is -0.459. The van der Waals surface area contributed by atoms with Crippen molar-refractivity contribution in [2.75, 3.05) is 26.0 Å². The summed E-state index contributed by atoms with van der Waals surface area (Å²) in [5, 5.41) is 2.62. The number of aromatic nitrogens is 1. The summed E-state index contributed by atoms with van der Waals surface area (Å²) < 4.78 is 13.0. The van der Waals surface area contributed by atoms with Gasteiger partial charge in [-0.15, -0.1) is 0 Å². The number of rotatable bonds is 3. The van der Waals surface area contributed by atoms with E-state index >= 15 is 0 Å². The zero-order valence-electron chi connectivity index (χ0n) is 8.12. The van der Waals surface area contributed by atoms with Gasteiger partial charge in [0.1, 0.15) is 0 Å². The summed E-state index contributed by atoms with van der Waals surface area (Å²) in [6.07, 6.45) is 1.46. The molecule has 0 spiro atoms. The highest BCUT2D eigenvalue weighted by Gasteiger charge is 2.06. The van der Waals surface area contributed by atoms with Crippen molar-refractivity contribution in [3.05, 3.63) is 24.1 Å². The molecule has 1 aromatic rings. The first-order chi connectivity index (χ1) is 6.61. The van der Waals surface area contributed by atoms with E-state index in [2.05, 4.69) is 10.3 Å². The van der Waals surface area contributed by atoms with Gasteiger partial charge < -0.3 is 10.2 Å². The molecule has 1 aromatic heterocycles. The topological polar surface area (TPSA) is 45.2 Å². The average Bonchev–Trinajstić information content (AvgIpc) is 2.16. The van der Waals surface area contributed by atoms with Gasteiger partial charge in [-0.25, -0.2) is 9.37 Å². The van der Waals surface area contributed by atoms with E-state index in [1.807, 2.05) is 0 Å². The van der Waals surface area contributed by atoms with Crippen molar-refractivity contribution >= 4 is 11.7 Å². The first-order valence-corrected chi connectivity index (χ1v) is 4.16. The van der Waals surface area contributed by atoms with Crippen molar-refractivity contribution in [3.63, 3.8) is 0 Å². The van der Waals surface area contributed by atoms with Gasteiger partial charge in [-0.1, -0.05) is 0 Å². The number of nitrogens with zero attached hydrogens (tertiary/aromatic N) is 2. The van der Waals surface area contributed by atoms with E-state index in [1.165, 1.54) is 23.2 Å². The zero-order chi connectivity index (χ0) is 10.6. The van der Waals surface area contributed by atoms with Crippen LogP contribution in [0.4, 0.5) is 10.2 Å². The number of hydrogen-bond acceptors (Lipinski definition) is 3. The van der Waals surface area contributed by atoms with Gasteiger partial charge >= 0.3 is 0 Å². The Morgan fingerprint density at radius 3 is 2.93 bits per heavy atom. The Bertz CT molecular complexity index is 328. The molecule has 0 unspecified atom stereocenters. The Morgan fingerprint density at radius 1 is 1.64 bits per heavy atom. The van der Waals surface area contributed by atoms with Crippen LogP contribution in [0.5, 0.6) is 0 Å². The third-order valence-corrected chi connectivity index (χ3v) is 1.66. The molecule has 1 amide bonds. The molecule has 1 heterocycles. The lowest BCUT2D eigenvalue weighted by atomic mass is 10.4. The number of likely N-dealkylation sites (N-methyl/N-ethyl adjacent to an activating group) is 1. The van der Waals surface area contributed by atoms with Crippen molar-refractivity contribution in [1.82, 2.24) is 9.88 Å². The van der Waals surface area contributed by atoms with Crippen LogP contribution in [0, 0.1) is 5.82 Å². The smallest absolute Gasteiger partial charge is 0.241 e. The minimum absolute atomic E-state index is 0.0426. The van der Waals surface area contributed by atoms with Crippen molar-refractivity contribution < 1.29 is 9.18 Å². The van der Waals surface area contributed by atoms with Crippen molar-refractivity contribution in [2.45, 2.75) is 0 Å². The lowest BCUT2D eigenvalue weighted by Gasteiger charge is -2.11. The number of anilines is 1. The van der Waals surface area contributed by atoms with Gasteiger partial charge in [0.2, 0.25) is 5.91 Å². The van der Waals surface area contributed by atoms with Crippen LogP contribution >= 0.6 is 0 Å². The first kappa shape index (κ1) is 10.4. The molecule has 0 aliphatic heterocycles. The molecule has 76 valence electrons. The fourth-order valence-corrected chi connectivity index (χ4v) is 0.833. The Kier molecular flexibility index (Phi) is 3.39. The third kappa shape index (κ3) is 2.69. The van der Waals surface area contributed by atoms with Crippen molar-refractivity contribution in [2.24, 2.45) is 0 Å². The van der Waals surface area contributed by atoms with Crippen LogP contribution in [0.1, 0.15) is 0 Å². The quantitative estimate of drug-likeness (QED) is 0.776. The van der Waals surface area contributed by atoms with E-state index in [0.29, 0.717) is 0 Å². The summed E-state index contributed by atoms with van der Waals surface area (Å²) >= 11 is 0. The number of hydrogen-bond donors (Lipinski definition) is 1. The molecule has 4 nitrogen and oxygen atoms in total. The van der Waals surface area contributed by atoms with Crippen LogP contribution in [-0.2, 0) is 4.79 Å². The summed E-state index contributed by atoms with van der Waals surface area (Å²) in [5.74, 6) is -0.489. The van der Waals surface area contributed by atoms with Gasteiger partial charge in [-0.3, -0.25) is 4.79 Å². The van der Waals surface area contributed by atoms with Gasteiger partial charge in [0, 0.05) is 20.3 Å². The maximum Gasteiger partial charge on any atom is 0.241 e. The van der Waals surface area contributed by atoms with Crippen LogP contribution in [-0.4, -0.2) is 36.4 Å². The summed E-state index contributed by atoms with van der Waals surface area (Å²) in [6, 6.07) is 2.78. The monoisotopic (exact) mass is 197 g/mol. The molecule has 0 saturated carbocycles. The normalized spacial score (nSPS) is 9.64. The van der Waals surface area contributed by atoms with Gasteiger partial charge in [-0.05, 0) is 12.1 Å². The molecule has 0 fully saturated rings. The largest absolute Gasteiger partial charge is 0.359 e. The Hall–Kier alpha value is -1.65. The fourth-order valence-electron chi connectivity index (χ4n) is 0.833. The molecule has 0 aliphatic carbocycles. The predicted molar refractivity (Wildman–Crippen MR) is 51.4 cm³/mol. The van der Waals surface area contributed by atoms with Crippen LogP contribution in [0.15, 0.2) is 18.3 Å². The SMILES string of the molecule is CN(C)C(=O)CNc1ncccc1F. The standard InChI is InChI=1S/C9H12FN3O/c1-13(2)8(14)6-12-9-7(10)4-3-5-11-9/h3-5H,6H2,1-2H3,(H,11,12). The molecule has 14 heavy (non-hydrogen) atoms. The van der Waals surface area contributed by atoms with E-state index < -0.39 is 5.82 Å². The fraction of sp³-hybridized carbons (Fsp3) is 0.333. The van der Waals surface area contributed by atoms with Crippen LogP contribution in [0.3, 0.4) is 0 Å². The van der Waals surface area contributed by atoms with E-state index in [-0.39, 0.29) is 18.3 Å². The number of halogens is 1. The number of amides is 1. The molecule has 1 rings (SSSR count). The number of nitrogens with one attached hydrogen (secondary N) is 1. The van der Waals surface area contributed by atoms with Gasteiger partial charge in [0.15, 0.2) is 11.6 Å². The molecule has 0 aromatic carbocycles. The highest BCUT2D eigenvalue weighted by atomic mass is 19.1. The van der Waals surface area contributed by atoms with Crippen LogP contribution < -0.4 is 5.32 Å². The molecule has 1 N–H and O–H groups in total. The number of pyridine rings is 1. The van der Waals surface area contributed by atoms with E-state index in [4.69, 9.17) is 0 Å². The highest BCUT2D eigenvalue weighted by Crippen LogP contribution is 2.07. The number of carbonyl (C=O) groups is 1. The summed E-state index contributed by atoms with van der Waals surface area (Å²) in [4.78, 5) is 16.3. The molecule has 0 atom stereocenters. The molecule has 0 saturated heterocycles. The maximum absolute atomic E-state index is 13.0. The molecule has 0 aliphatic rings. The van der Waals surface area contributed by atoms with Gasteiger partial charge in [0.05, 0.1) is 6.54 Å². The van der Waals surface area contributed by atoms with Crippen LogP contribution in [0.2, 0.25) is 0 Å². The zero-order valence-corrected chi connectivity index (χ0v) is 8.12. The van der Waals surface area contributed by atoms with Gasteiger partial charge in [-0.2, -0.15) is 0 Å². The van der Waals surface area contributed by atoms with Crippen LogP contribution in [0.25, 0.3) is 0 Å². The second kappa shape index (κ2) is 4.55. The Labute approximate surface area is 81.7 Å². The summed E-state index contributed by atoms with van der Waals surface area (Å²) in [7, 11) is 3.28. The van der Waals surface area contributed by atoms with E-state index in [0.717, 1.165) is 0 Å². The van der Waals surface area contributed by atoms with Gasteiger partial charge in [0.25, 0.3) is 0 Å². The molecular formula is C9H12FN3O. The second-order valence-corrected chi connectivity index (χ2v) is 2.98. The Balaban J connectivity index is 2.54. The molecular weight excluding hydrogens is 185 g/mol. The van der Waals surface area contributed by atoms with Crippen molar-refractivity contribution in [3.8, 4) is 0 Å². The molecule has 0 bridgehead atoms. The molecule has 5 heteroatoms. The van der Waals surface area contributed by atoms with Crippen molar-refractivity contribution in [1.29, 1.82) is 0 Å². The second-order valence-electron chi connectivity index (χ2n) is 2.98. The summed E-state index contributed by atoms with van der Waals surface area (Å²) in [5.41, 5.74) is 0. The number of carbonyl (C=O) groups excluding carboxylic acids is 1. The predicted octanol–water partition coefficient (Wildman–Crippen LogP) is 0.721. The molecule has 0 radical (unpaired) electrons. The minimum Gasteiger partial charge on any atom is -0.359 e. The van der Waals surface area contributed by atoms with E-state index in [9.17, 15) is 9.18 Å². The van der Waals surface area contributed by atoms with E-state index in [1.54, 1.807) is 14.1 Å². The lowest BCUT2D eigenvalue weighted by molar-refractivity contribution is -0.126. The maximum atomic E-state index is 13.0. The third-order valence-electron chi connectivity index (χ3n) is 1.66. The highest BCUT2D eigenvalue weighted by molar-refractivity contribution is 5.80. The first-order valence-electron chi connectivity index (χ1n) is 4.16. The Morgan fingerprint density at radius 2 is 2.36 bits per heavy atom.